The summed E-state index contributed by atoms with van der Waals surface area (Å²) in [7, 11) is 1.73. The normalized spacial score (nSPS) is 16.6. The summed E-state index contributed by atoms with van der Waals surface area (Å²) in [5.41, 5.74) is 13.4. The number of fused-ring (bicyclic) bond motifs is 1. The number of rotatable bonds is 7. The summed E-state index contributed by atoms with van der Waals surface area (Å²) in [4.78, 5) is 18.9. The topological polar surface area (TPSA) is 118 Å². The quantitative estimate of drug-likeness (QED) is 0.236. The maximum Gasteiger partial charge on any atom is 0.307 e. The van der Waals surface area contributed by atoms with Crippen molar-refractivity contribution >= 4 is 17.3 Å². The van der Waals surface area contributed by atoms with Gasteiger partial charge in [-0.15, -0.1) is 0 Å². The van der Waals surface area contributed by atoms with Crippen LogP contribution in [-0.2, 0) is 17.9 Å². The number of aryl methyl sites for hydroxylation is 1. The number of carboxylic acid groups (broad SMARTS) is 1. The Kier molecular flexibility index (Phi) is 7.67. The molecule has 0 amide bonds. The van der Waals surface area contributed by atoms with Gasteiger partial charge in [0.25, 0.3) is 0 Å². The second kappa shape index (κ2) is 10.6. The fourth-order valence-corrected chi connectivity index (χ4v) is 5.46. The first-order valence-electron chi connectivity index (χ1n) is 12.9. The Morgan fingerprint density at radius 2 is 1.97 bits per heavy atom. The minimum Gasteiger partial charge on any atom is -0.486 e. The molecule has 0 saturated carbocycles. The Morgan fingerprint density at radius 3 is 2.66 bits per heavy atom. The van der Waals surface area contributed by atoms with Gasteiger partial charge < -0.3 is 20.6 Å². The summed E-state index contributed by atoms with van der Waals surface area (Å²) in [5, 5.41) is 11.5. The van der Waals surface area contributed by atoms with Gasteiger partial charge in [-0.05, 0) is 67.6 Å². The van der Waals surface area contributed by atoms with Crippen molar-refractivity contribution in [2.24, 2.45) is 11.8 Å². The number of nitrogens with zero attached hydrogens (tertiary/aromatic N) is 3. The summed E-state index contributed by atoms with van der Waals surface area (Å²) in [6.45, 7) is 12.1. The van der Waals surface area contributed by atoms with Crippen molar-refractivity contribution in [2.45, 2.75) is 59.2 Å². The van der Waals surface area contributed by atoms with Gasteiger partial charge in [-0.25, -0.2) is 5.84 Å². The molecular weight excluding hydrogens is 478 g/mol. The summed E-state index contributed by atoms with van der Waals surface area (Å²) in [5.74, 6) is 4.93. The van der Waals surface area contributed by atoms with Crippen LogP contribution in [0.1, 0.15) is 60.1 Å². The predicted molar refractivity (Wildman–Crippen MR) is 151 cm³/mol. The van der Waals surface area contributed by atoms with Crippen LogP contribution >= 0.6 is 0 Å². The SMILES string of the molecule is Cc1ccc(C(c2ccc(N(C)N)c(N)c2C)C(C)C(=O)O)cc1CN1Cc2cnccc2OC(C)(C)C1. The van der Waals surface area contributed by atoms with Gasteiger partial charge in [0.2, 0.25) is 0 Å². The number of carbonyl (C=O) groups is 1. The summed E-state index contributed by atoms with van der Waals surface area (Å²) >= 11 is 0. The Hall–Kier alpha value is -3.62. The zero-order valence-electron chi connectivity index (χ0n) is 23.2. The van der Waals surface area contributed by atoms with E-state index in [1.54, 1.807) is 20.2 Å². The largest absolute Gasteiger partial charge is 0.486 e. The second-order valence-electron chi connectivity index (χ2n) is 11.1. The molecule has 1 aliphatic rings. The van der Waals surface area contributed by atoms with Crippen molar-refractivity contribution in [3.8, 4) is 5.75 Å². The molecule has 38 heavy (non-hydrogen) atoms. The van der Waals surface area contributed by atoms with E-state index in [0.717, 1.165) is 52.2 Å². The number of nitrogens with two attached hydrogens (primary N) is 2. The van der Waals surface area contributed by atoms with E-state index in [2.05, 4.69) is 42.8 Å². The highest BCUT2D eigenvalue weighted by atomic mass is 16.5. The van der Waals surface area contributed by atoms with Crippen molar-refractivity contribution in [1.29, 1.82) is 0 Å². The molecule has 0 saturated heterocycles. The number of aromatic nitrogens is 1. The molecule has 2 atom stereocenters. The smallest absolute Gasteiger partial charge is 0.307 e. The number of benzene rings is 2. The Balaban J connectivity index is 1.74. The van der Waals surface area contributed by atoms with Gasteiger partial charge >= 0.3 is 5.97 Å². The third-order valence-corrected chi connectivity index (χ3v) is 7.51. The molecule has 5 N–H and O–H groups in total. The molecule has 4 rings (SSSR count). The average Bonchev–Trinajstić information content (AvgIpc) is 2.97. The van der Waals surface area contributed by atoms with E-state index in [-0.39, 0.29) is 11.5 Å². The van der Waals surface area contributed by atoms with E-state index >= 15 is 0 Å². The molecular formula is C30H39N5O3. The molecule has 0 bridgehead atoms. The number of hydrogen-bond donors (Lipinski definition) is 3. The van der Waals surface area contributed by atoms with Crippen molar-refractivity contribution in [2.75, 3.05) is 24.3 Å². The minimum atomic E-state index is -0.856. The van der Waals surface area contributed by atoms with Crippen LogP contribution in [0.5, 0.6) is 5.75 Å². The second-order valence-corrected chi connectivity index (χ2v) is 11.1. The number of pyridine rings is 1. The van der Waals surface area contributed by atoms with Gasteiger partial charge in [-0.3, -0.25) is 14.7 Å². The number of nitrogen functional groups attached to an aromatic ring is 1. The minimum absolute atomic E-state index is 0.370. The van der Waals surface area contributed by atoms with Gasteiger partial charge in [-0.2, -0.15) is 0 Å². The van der Waals surface area contributed by atoms with Crippen LogP contribution < -0.4 is 21.3 Å². The molecule has 2 unspecified atom stereocenters. The van der Waals surface area contributed by atoms with E-state index in [1.807, 2.05) is 37.4 Å². The van der Waals surface area contributed by atoms with E-state index in [4.69, 9.17) is 16.3 Å². The van der Waals surface area contributed by atoms with Crippen LogP contribution in [-0.4, -0.2) is 40.2 Å². The van der Waals surface area contributed by atoms with Crippen LogP contribution in [0.15, 0.2) is 48.8 Å². The van der Waals surface area contributed by atoms with Crippen LogP contribution in [0.2, 0.25) is 0 Å². The molecule has 0 spiro atoms. The van der Waals surface area contributed by atoms with Crippen LogP contribution in [0.25, 0.3) is 0 Å². The fourth-order valence-electron chi connectivity index (χ4n) is 5.46. The molecule has 0 radical (unpaired) electrons. The molecule has 1 aromatic heterocycles. The van der Waals surface area contributed by atoms with E-state index in [0.29, 0.717) is 17.9 Å². The monoisotopic (exact) mass is 517 g/mol. The number of hydrazine groups is 1. The molecule has 1 aliphatic heterocycles. The lowest BCUT2D eigenvalue weighted by atomic mass is 9.78. The van der Waals surface area contributed by atoms with Gasteiger partial charge in [-0.1, -0.05) is 31.2 Å². The molecule has 2 heterocycles. The average molecular weight is 518 g/mol. The zero-order chi connectivity index (χ0) is 27.8. The van der Waals surface area contributed by atoms with Gasteiger partial charge in [0.1, 0.15) is 11.4 Å². The van der Waals surface area contributed by atoms with Crippen molar-refractivity contribution in [3.63, 3.8) is 0 Å². The molecule has 2 aromatic carbocycles. The first-order chi connectivity index (χ1) is 17.9. The highest BCUT2D eigenvalue weighted by Gasteiger charge is 2.31. The maximum atomic E-state index is 12.3. The van der Waals surface area contributed by atoms with Gasteiger partial charge in [0.15, 0.2) is 0 Å². The lowest BCUT2D eigenvalue weighted by molar-refractivity contribution is -0.141. The Morgan fingerprint density at radius 1 is 1.24 bits per heavy atom. The maximum absolute atomic E-state index is 12.3. The van der Waals surface area contributed by atoms with Crippen molar-refractivity contribution in [1.82, 2.24) is 9.88 Å². The standard InChI is InChI=1S/C30H39N5O3/c1-18-7-8-21(27(20(3)29(36)37)24-9-10-25(34(6)32)28(31)19(24)2)13-22(18)15-35-16-23-14-33-12-11-26(23)38-30(4,5)17-35/h7-14,20,27H,15-17,31-32H2,1-6H3,(H,36,37). The number of aliphatic carboxylic acids is 1. The molecule has 0 aliphatic carbocycles. The zero-order valence-corrected chi connectivity index (χ0v) is 23.2. The van der Waals surface area contributed by atoms with E-state index in [1.165, 1.54) is 5.01 Å². The first-order valence-corrected chi connectivity index (χ1v) is 12.9. The summed E-state index contributed by atoms with van der Waals surface area (Å²) in [6, 6.07) is 12.0. The number of hydrogen-bond acceptors (Lipinski definition) is 7. The highest BCUT2D eigenvalue weighted by molar-refractivity contribution is 5.75. The van der Waals surface area contributed by atoms with E-state index in [9.17, 15) is 9.90 Å². The third-order valence-electron chi connectivity index (χ3n) is 7.51. The Bertz CT molecular complexity index is 1340. The molecule has 3 aromatic rings. The predicted octanol–water partition coefficient (Wildman–Crippen LogP) is 4.62. The fraction of sp³-hybridized carbons (Fsp3) is 0.400. The van der Waals surface area contributed by atoms with Crippen LogP contribution in [0.4, 0.5) is 11.4 Å². The van der Waals surface area contributed by atoms with E-state index < -0.39 is 11.9 Å². The number of carboxylic acids is 1. The molecule has 8 heteroatoms. The van der Waals surface area contributed by atoms with Crippen LogP contribution in [0, 0.1) is 19.8 Å². The molecule has 8 nitrogen and oxygen atoms in total. The summed E-state index contributed by atoms with van der Waals surface area (Å²) < 4.78 is 6.30. The number of anilines is 2. The summed E-state index contributed by atoms with van der Waals surface area (Å²) in [6.07, 6.45) is 3.63. The number of ether oxygens (including phenoxy) is 1. The van der Waals surface area contributed by atoms with Crippen molar-refractivity contribution < 1.29 is 14.6 Å². The lowest BCUT2D eigenvalue weighted by Crippen LogP contribution is -2.40. The van der Waals surface area contributed by atoms with Crippen molar-refractivity contribution in [3.05, 3.63) is 82.2 Å². The lowest BCUT2D eigenvalue weighted by Gasteiger charge is -2.30. The highest BCUT2D eigenvalue weighted by Crippen LogP contribution is 2.39. The van der Waals surface area contributed by atoms with Gasteiger partial charge in [0.05, 0.1) is 17.3 Å². The first kappa shape index (κ1) is 27.4. The Labute approximate surface area is 225 Å². The molecule has 0 fully saturated rings. The third kappa shape index (κ3) is 5.61. The molecule has 202 valence electrons. The van der Waals surface area contributed by atoms with Gasteiger partial charge in [0, 0.05) is 50.6 Å². The van der Waals surface area contributed by atoms with Crippen LogP contribution in [0.3, 0.4) is 0 Å².